The first kappa shape index (κ1) is 12.2. The molecule has 16 heavy (non-hydrogen) atoms. The molecule has 1 amide bonds. The quantitative estimate of drug-likeness (QED) is 0.602. The van der Waals surface area contributed by atoms with E-state index >= 15 is 0 Å². The zero-order valence-corrected chi connectivity index (χ0v) is 9.73. The van der Waals surface area contributed by atoms with E-state index in [4.69, 9.17) is 0 Å². The van der Waals surface area contributed by atoms with Crippen LogP contribution in [-0.2, 0) is 0 Å². The third kappa shape index (κ3) is 3.38. The monoisotopic (exact) mass is 219 g/mol. The van der Waals surface area contributed by atoms with Crippen molar-refractivity contribution in [1.29, 1.82) is 0 Å². The van der Waals surface area contributed by atoms with Crippen molar-refractivity contribution in [1.82, 2.24) is 10.3 Å². The summed E-state index contributed by atoms with van der Waals surface area (Å²) in [5, 5.41) is 2.81. The van der Waals surface area contributed by atoms with Crippen molar-refractivity contribution >= 4 is 11.7 Å². The van der Waals surface area contributed by atoms with Crippen molar-refractivity contribution in [2.75, 3.05) is 25.5 Å². The van der Waals surface area contributed by atoms with Crippen LogP contribution in [0.2, 0.25) is 0 Å². The van der Waals surface area contributed by atoms with Gasteiger partial charge in [0.25, 0.3) is 5.91 Å². The Hall–Kier alpha value is -1.84. The number of hydrogen-bond donors (Lipinski definition) is 1. The fourth-order valence-electron chi connectivity index (χ4n) is 1.19. The summed E-state index contributed by atoms with van der Waals surface area (Å²) in [5.41, 5.74) is 0.628. The smallest absolute Gasteiger partial charge is 0.251 e. The Balaban J connectivity index is 2.68. The summed E-state index contributed by atoms with van der Waals surface area (Å²) < 4.78 is 0. The van der Waals surface area contributed by atoms with Crippen molar-refractivity contribution in [3.8, 4) is 0 Å². The molecule has 0 aliphatic carbocycles. The van der Waals surface area contributed by atoms with E-state index in [0.717, 1.165) is 12.2 Å². The summed E-state index contributed by atoms with van der Waals surface area (Å²) >= 11 is 0. The van der Waals surface area contributed by atoms with Gasteiger partial charge in [-0.05, 0) is 18.6 Å². The van der Waals surface area contributed by atoms with Crippen molar-refractivity contribution in [2.24, 2.45) is 0 Å². The van der Waals surface area contributed by atoms with Crippen LogP contribution in [0, 0.1) is 0 Å². The van der Waals surface area contributed by atoms with E-state index in [-0.39, 0.29) is 5.91 Å². The van der Waals surface area contributed by atoms with E-state index < -0.39 is 0 Å². The summed E-state index contributed by atoms with van der Waals surface area (Å²) in [6.45, 7) is 4.21. The van der Waals surface area contributed by atoms with Crippen LogP contribution in [0.1, 0.15) is 16.8 Å². The predicted molar refractivity (Wildman–Crippen MR) is 65.7 cm³/mol. The molecule has 4 nitrogen and oxygen atoms in total. The van der Waals surface area contributed by atoms with Gasteiger partial charge in [0, 0.05) is 32.4 Å². The van der Waals surface area contributed by atoms with E-state index in [1.165, 1.54) is 0 Å². The highest BCUT2D eigenvalue weighted by molar-refractivity contribution is 5.94. The van der Waals surface area contributed by atoms with Crippen LogP contribution < -0.4 is 10.2 Å². The molecule has 0 saturated heterocycles. The number of nitrogens with zero attached hydrogens (tertiary/aromatic N) is 2. The first-order chi connectivity index (χ1) is 7.65. The fraction of sp³-hybridized carbons (Fsp3) is 0.333. The van der Waals surface area contributed by atoms with E-state index in [9.17, 15) is 4.79 Å². The minimum atomic E-state index is -0.0765. The number of aromatic nitrogens is 1. The van der Waals surface area contributed by atoms with Crippen molar-refractivity contribution in [3.05, 3.63) is 36.5 Å². The summed E-state index contributed by atoms with van der Waals surface area (Å²) in [5.74, 6) is 0.698. The molecule has 0 saturated carbocycles. The SMILES string of the molecule is C=CCCNC(=O)c1ccnc(N(C)C)c1. The van der Waals surface area contributed by atoms with Gasteiger partial charge in [0.2, 0.25) is 0 Å². The van der Waals surface area contributed by atoms with Gasteiger partial charge in [0.15, 0.2) is 0 Å². The summed E-state index contributed by atoms with van der Waals surface area (Å²) in [6.07, 6.45) is 4.19. The second kappa shape index (κ2) is 5.90. The molecule has 0 spiro atoms. The van der Waals surface area contributed by atoms with Crippen molar-refractivity contribution < 1.29 is 4.79 Å². The van der Waals surface area contributed by atoms with Crippen LogP contribution in [0.3, 0.4) is 0 Å². The number of pyridine rings is 1. The molecule has 0 aliphatic rings. The van der Waals surface area contributed by atoms with Crippen molar-refractivity contribution in [2.45, 2.75) is 6.42 Å². The fourth-order valence-corrected chi connectivity index (χ4v) is 1.19. The van der Waals surface area contributed by atoms with Crippen LogP contribution in [-0.4, -0.2) is 31.5 Å². The molecular formula is C12H17N3O. The number of nitrogens with one attached hydrogen (secondary N) is 1. The van der Waals surface area contributed by atoms with Gasteiger partial charge in [-0.25, -0.2) is 4.98 Å². The van der Waals surface area contributed by atoms with Gasteiger partial charge in [-0.3, -0.25) is 4.79 Å². The number of hydrogen-bond acceptors (Lipinski definition) is 3. The molecule has 1 rings (SSSR count). The van der Waals surface area contributed by atoms with Crippen molar-refractivity contribution in [3.63, 3.8) is 0 Å². The maximum Gasteiger partial charge on any atom is 0.251 e. The zero-order chi connectivity index (χ0) is 12.0. The largest absolute Gasteiger partial charge is 0.363 e. The standard InChI is InChI=1S/C12H17N3O/c1-4-5-7-14-12(16)10-6-8-13-11(9-10)15(2)3/h4,6,8-9H,1,5,7H2,2-3H3,(H,14,16). The van der Waals surface area contributed by atoms with E-state index in [0.29, 0.717) is 12.1 Å². The molecule has 1 aromatic heterocycles. The molecule has 0 radical (unpaired) electrons. The number of rotatable bonds is 5. The summed E-state index contributed by atoms with van der Waals surface area (Å²) in [6, 6.07) is 3.47. The average molecular weight is 219 g/mol. The highest BCUT2D eigenvalue weighted by atomic mass is 16.1. The van der Waals surface area contributed by atoms with E-state index in [1.54, 1.807) is 24.4 Å². The van der Waals surface area contributed by atoms with Gasteiger partial charge in [-0.2, -0.15) is 0 Å². The molecule has 1 heterocycles. The lowest BCUT2D eigenvalue weighted by molar-refractivity contribution is 0.0954. The molecule has 0 bridgehead atoms. The van der Waals surface area contributed by atoms with Gasteiger partial charge in [0.05, 0.1) is 0 Å². The molecule has 0 atom stereocenters. The lowest BCUT2D eigenvalue weighted by Crippen LogP contribution is -2.24. The summed E-state index contributed by atoms with van der Waals surface area (Å²) in [7, 11) is 3.78. The Morgan fingerprint density at radius 3 is 3.00 bits per heavy atom. The maximum absolute atomic E-state index is 11.7. The molecule has 0 fully saturated rings. The van der Waals surface area contributed by atoms with Crippen LogP contribution in [0.4, 0.5) is 5.82 Å². The highest BCUT2D eigenvalue weighted by Gasteiger charge is 2.06. The Morgan fingerprint density at radius 1 is 1.62 bits per heavy atom. The topological polar surface area (TPSA) is 45.2 Å². The van der Waals surface area contributed by atoms with Crippen LogP contribution >= 0.6 is 0 Å². The van der Waals surface area contributed by atoms with E-state index in [1.807, 2.05) is 19.0 Å². The molecule has 1 N–H and O–H groups in total. The van der Waals surface area contributed by atoms with Gasteiger partial charge in [-0.15, -0.1) is 6.58 Å². The van der Waals surface area contributed by atoms with Crippen LogP contribution in [0.5, 0.6) is 0 Å². The third-order valence-corrected chi connectivity index (χ3v) is 2.10. The van der Waals surface area contributed by atoms with E-state index in [2.05, 4.69) is 16.9 Å². The zero-order valence-electron chi connectivity index (χ0n) is 9.73. The lowest BCUT2D eigenvalue weighted by Gasteiger charge is -2.11. The molecule has 0 unspecified atom stereocenters. The first-order valence-corrected chi connectivity index (χ1v) is 5.17. The maximum atomic E-state index is 11.7. The second-order valence-electron chi connectivity index (χ2n) is 3.63. The Bertz CT molecular complexity index is 374. The highest BCUT2D eigenvalue weighted by Crippen LogP contribution is 2.09. The minimum absolute atomic E-state index is 0.0765. The normalized spacial score (nSPS) is 9.62. The predicted octanol–water partition coefficient (Wildman–Crippen LogP) is 1.45. The lowest BCUT2D eigenvalue weighted by atomic mass is 10.2. The van der Waals surface area contributed by atoms with Crippen LogP contribution in [0.15, 0.2) is 31.0 Å². The first-order valence-electron chi connectivity index (χ1n) is 5.17. The Kier molecular flexibility index (Phi) is 4.51. The molecule has 86 valence electrons. The molecule has 0 aromatic carbocycles. The molecule has 4 heteroatoms. The second-order valence-corrected chi connectivity index (χ2v) is 3.63. The summed E-state index contributed by atoms with van der Waals surface area (Å²) in [4.78, 5) is 17.7. The average Bonchev–Trinajstić information content (AvgIpc) is 2.29. The van der Waals surface area contributed by atoms with Gasteiger partial charge in [-0.1, -0.05) is 6.08 Å². The number of amides is 1. The third-order valence-electron chi connectivity index (χ3n) is 2.10. The minimum Gasteiger partial charge on any atom is -0.363 e. The number of carbonyl (C=O) groups excluding carboxylic acids is 1. The Morgan fingerprint density at radius 2 is 2.38 bits per heavy atom. The molecule has 0 aliphatic heterocycles. The van der Waals surface area contributed by atoms with Gasteiger partial charge in [0.1, 0.15) is 5.82 Å². The Labute approximate surface area is 96.0 Å². The molecular weight excluding hydrogens is 202 g/mol. The van der Waals surface area contributed by atoms with Gasteiger partial charge < -0.3 is 10.2 Å². The van der Waals surface area contributed by atoms with Gasteiger partial charge >= 0.3 is 0 Å². The number of carbonyl (C=O) groups is 1. The number of anilines is 1. The van der Waals surface area contributed by atoms with Crippen LogP contribution in [0.25, 0.3) is 0 Å². The molecule has 1 aromatic rings.